The van der Waals surface area contributed by atoms with Gasteiger partial charge in [0.25, 0.3) is 0 Å². The van der Waals surface area contributed by atoms with Gasteiger partial charge in [-0.05, 0) is 41.1 Å². The van der Waals surface area contributed by atoms with Crippen LogP contribution in [0.1, 0.15) is 25.5 Å². The van der Waals surface area contributed by atoms with Crippen molar-refractivity contribution in [2.45, 2.75) is 26.2 Å². The Morgan fingerprint density at radius 1 is 1.29 bits per heavy atom. The number of hydrogen-bond acceptors (Lipinski definition) is 2. The summed E-state index contributed by atoms with van der Waals surface area (Å²) in [5, 5.41) is 4.88. The van der Waals surface area contributed by atoms with E-state index in [4.69, 9.17) is 16.1 Å². The molecule has 0 aliphatic rings. The monoisotopic (exact) mass is 361 g/mol. The minimum absolute atomic E-state index is 0.735. The molecule has 0 radical (unpaired) electrons. The van der Waals surface area contributed by atoms with Crippen LogP contribution in [-0.2, 0) is 6.42 Å². The van der Waals surface area contributed by atoms with Gasteiger partial charge in [-0.25, -0.2) is 0 Å². The number of aryl methyl sites for hydroxylation is 1. The fraction of sp³-hybridized carbons (Fsp3) is 0.308. The molecule has 4 heteroatoms. The SMILES string of the molecule is CCCCc1onc(-c2ccc(Cl)cc2)c1I. The number of hydrogen-bond donors (Lipinski definition) is 0. The molecule has 0 amide bonds. The lowest BCUT2D eigenvalue weighted by atomic mass is 10.1. The Morgan fingerprint density at radius 2 is 2.00 bits per heavy atom. The van der Waals surface area contributed by atoms with Gasteiger partial charge in [0.1, 0.15) is 5.69 Å². The average Bonchev–Trinajstić information content (AvgIpc) is 2.69. The van der Waals surface area contributed by atoms with Gasteiger partial charge in [-0.3, -0.25) is 0 Å². The Bertz CT molecular complexity index is 493. The minimum atomic E-state index is 0.735. The van der Waals surface area contributed by atoms with E-state index in [0.29, 0.717) is 0 Å². The maximum Gasteiger partial charge on any atom is 0.150 e. The highest BCUT2D eigenvalue weighted by atomic mass is 127. The van der Waals surface area contributed by atoms with Crippen molar-refractivity contribution in [3.05, 3.63) is 38.6 Å². The van der Waals surface area contributed by atoms with Gasteiger partial charge in [-0.1, -0.05) is 42.2 Å². The standard InChI is InChI=1S/C13H13ClINO/c1-2-3-4-11-12(15)13(16-17-11)9-5-7-10(14)8-6-9/h5-8H,2-4H2,1H3. The third-order valence-electron chi connectivity index (χ3n) is 2.57. The average molecular weight is 362 g/mol. The van der Waals surface area contributed by atoms with Crippen LogP contribution in [0.25, 0.3) is 11.3 Å². The van der Waals surface area contributed by atoms with E-state index in [9.17, 15) is 0 Å². The summed E-state index contributed by atoms with van der Waals surface area (Å²) in [5.74, 6) is 0.984. The zero-order valence-corrected chi connectivity index (χ0v) is 12.5. The van der Waals surface area contributed by atoms with Crippen LogP contribution in [0.2, 0.25) is 5.02 Å². The van der Waals surface area contributed by atoms with Crippen LogP contribution in [0.3, 0.4) is 0 Å². The molecule has 0 unspecified atom stereocenters. The van der Waals surface area contributed by atoms with Crippen LogP contribution in [0.15, 0.2) is 28.8 Å². The van der Waals surface area contributed by atoms with Gasteiger partial charge >= 0.3 is 0 Å². The number of benzene rings is 1. The minimum Gasteiger partial charge on any atom is -0.360 e. The predicted octanol–water partition coefficient (Wildman–Crippen LogP) is 4.94. The molecule has 1 aromatic heterocycles. The maximum atomic E-state index is 5.87. The van der Waals surface area contributed by atoms with Crippen molar-refractivity contribution in [2.24, 2.45) is 0 Å². The van der Waals surface area contributed by atoms with E-state index in [-0.39, 0.29) is 0 Å². The van der Waals surface area contributed by atoms with Gasteiger partial charge in [-0.15, -0.1) is 0 Å². The molecule has 2 rings (SSSR count). The number of nitrogens with zero attached hydrogens (tertiary/aromatic N) is 1. The normalized spacial score (nSPS) is 10.8. The molecule has 2 nitrogen and oxygen atoms in total. The van der Waals surface area contributed by atoms with E-state index >= 15 is 0 Å². The van der Waals surface area contributed by atoms with Crippen LogP contribution in [-0.4, -0.2) is 5.16 Å². The third-order valence-corrected chi connectivity index (χ3v) is 3.94. The molecular formula is C13H13ClINO. The molecule has 1 aromatic carbocycles. The molecule has 1 heterocycles. The summed E-state index contributed by atoms with van der Waals surface area (Å²) < 4.78 is 6.50. The fourth-order valence-electron chi connectivity index (χ4n) is 1.59. The Hall–Kier alpha value is -0.550. The van der Waals surface area contributed by atoms with Crippen molar-refractivity contribution < 1.29 is 4.52 Å². The second kappa shape index (κ2) is 5.87. The van der Waals surface area contributed by atoms with Gasteiger partial charge < -0.3 is 4.52 Å². The highest BCUT2D eigenvalue weighted by Gasteiger charge is 2.14. The van der Waals surface area contributed by atoms with Crippen molar-refractivity contribution in [1.29, 1.82) is 0 Å². The van der Waals surface area contributed by atoms with E-state index in [1.807, 2.05) is 24.3 Å². The summed E-state index contributed by atoms with van der Waals surface area (Å²) in [5.41, 5.74) is 1.96. The van der Waals surface area contributed by atoms with Gasteiger partial charge in [0.15, 0.2) is 5.76 Å². The first-order valence-corrected chi connectivity index (χ1v) is 7.08. The summed E-state index contributed by atoms with van der Waals surface area (Å²) in [6.45, 7) is 2.17. The summed E-state index contributed by atoms with van der Waals surface area (Å²) in [7, 11) is 0. The zero-order chi connectivity index (χ0) is 12.3. The molecule has 2 aromatic rings. The van der Waals surface area contributed by atoms with Gasteiger partial charge in [0, 0.05) is 17.0 Å². The molecule has 0 aliphatic carbocycles. The van der Waals surface area contributed by atoms with Crippen molar-refractivity contribution in [2.75, 3.05) is 0 Å². The Labute approximate surface area is 119 Å². The van der Waals surface area contributed by atoms with Gasteiger partial charge in [0.05, 0.1) is 3.57 Å². The molecule has 0 N–H and O–H groups in total. The fourth-order valence-corrected chi connectivity index (χ4v) is 2.50. The lowest BCUT2D eigenvalue weighted by molar-refractivity contribution is 0.381. The molecule has 0 bridgehead atoms. The Morgan fingerprint density at radius 3 is 2.65 bits per heavy atom. The number of rotatable bonds is 4. The largest absolute Gasteiger partial charge is 0.360 e. The first-order valence-electron chi connectivity index (χ1n) is 5.62. The van der Waals surface area contributed by atoms with E-state index in [2.05, 4.69) is 34.7 Å². The summed E-state index contributed by atoms with van der Waals surface area (Å²) in [6.07, 6.45) is 3.24. The smallest absolute Gasteiger partial charge is 0.150 e. The number of aromatic nitrogens is 1. The highest BCUT2D eigenvalue weighted by Crippen LogP contribution is 2.28. The van der Waals surface area contributed by atoms with E-state index in [1.165, 1.54) is 0 Å². The molecule has 0 saturated carbocycles. The van der Waals surface area contributed by atoms with Crippen molar-refractivity contribution in [3.63, 3.8) is 0 Å². The van der Waals surface area contributed by atoms with Gasteiger partial charge in [0.2, 0.25) is 0 Å². The Kier molecular flexibility index (Phi) is 4.45. The molecular weight excluding hydrogens is 349 g/mol. The summed E-state index contributed by atoms with van der Waals surface area (Å²) >= 11 is 8.17. The number of halogens is 2. The molecule has 0 fully saturated rings. The second-order valence-electron chi connectivity index (χ2n) is 3.88. The first-order chi connectivity index (χ1) is 8.22. The van der Waals surface area contributed by atoms with Crippen LogP contribution in [0.5, 0.6) is 0 Å². The van der Waals surface area contributed by atoms with Crippen LogP contribution >= 0.6 is 34.2 Å². The lowest BCUT2D eigenvalue weighted by Gasteiger charge is -1.97. The van der Waals surface area contributed by atoms with Gasteiger partial charge in [-0.2, -0.15) is 0 Å². The van der Waals surface area contributed by atoms with E-state index in [0.717, 1.165) is 44.9 Å². The third kappa shape index (κ3) is 3.01. The highest BCUT2D eigenvalue weighted by molar-refractivity contribution is 14.1. The maximum absolute atomic E-state index is 5.87. The quantitative estimate of drug-likeness (QED) is 0.721. The number of unbranched alkanes of at least 4 members (excludes halogenated alkanes) is 1. The lowest BCUT2D eigenvalue weighted by Crippen LogP contribution is -1.85. The molecule has 0 aliphatic heterocycles. The second-order valence-corrected chi connectivity index (χ2v) is 5.39. The van der Waals surface area contributed by atoms with Crippen molar-refractivity contribution >= 4 is 34.2 Å². The van der Waals surface area contributed by atoms with Crippen LogP contribution in [0.4, 0.5) is 0 Å². The Balaban J connectivity index is 2.27. The molecule has 90 valence electrons. The van der Waals surface area contributed by atoms with Crippen LogP contribution in [0, 0.1) is 3.57 Å². The van der Waals surface area contributed by atoms with E-state index < -0.39 is 0 Å². The zero-order valence-electron chi connectivity index (χ0n) is 9.54. The van der Waals surface area contributed by atoms with Crippen LogP contribution < -0.4 is 0 Å². The molecule has 0 atom stereocenters. The van der Waals surface area contributed by atoms with Crippen molar-refractivity contribution in [3.8, 4) is 11.3 Å². The summed E-state index contributed by atoms with van der Waals surface area (Å²) in [4.78, 5) is 0. The molecule has 17 heavy (non-hydrogen) atoms. The molecule has 0 spiro atoms. The summed E-state index contributed by atoms with van der Waals surface area (Å²) in [6, 6.07) is 7.67. The first kappa shape index (κ1) is 12.9. The van der Waals surface area contributed by atoms with E-state index in [1.54, 1.807) is 0 Å². The molecule has 0 saturated heterocycles. The predicted molar refractivity (Wildman–Crippen MR) is 78.3 cm³/mol. The topological polar surface area (TPSA) is 26.0 Å². The van der Waals surface area contributed by atoms with Crippen molar-refractivity contribution in [1.82, 2.24) is 5.16 Å².